The number of hydrogen-bond acceptors (Lipinski definition) is 5. The Hall–Kier alpha value is -1.89. The van der Waals surface area contributed by atoms with Crippen LogP contribution in [0.5, 0.6) is 0 Å². The molecule has 1 aromatic carbocycles. The summed E-state index contributed by atoms with van der Waals surface area (Å²) in [6, 6.07) is 7.34. The Balaban J connectivity index is 1.48. The summed E-state index contributed by atoms with van der Waals surface area (Å²) in [7, 11) is 1.93. The van der Waals surface area contributed by atoms with E-state index in [0.29, 0.717) is 36.2 Å². The van der Waals surface area contributed by atoms with Crippen LogP contribution in [0.25, 0.3) is 0 Å². The van der Waals surface area contributed by atoms with Crippen molar-refractivity contribution in [1.29, 1.82) is 0 Å². The Morgan fingerprint density at radius 1 is 1.12 bits per heavy atom. The van der Waals surface area contributed by atoms with Crippen molar-refractivity contribution in [3.8, 4) is 0 Å². The topological polar surface area (TPSA) is 52.6 Å². The predicted molar refractivity (Wildman–Crippen MR) is 104 cm³/mol. The summed E-state index contributed by atoms with van der Waals surface area (Å²) in [6.07, 6.45) is 3.47. The number of likely N-dealkylation sites (N-methyl/N-ethyl adjacent to an activating group) is 1. The van der Waals surface area contributed by atoms with Gasteiger partial charge in [0.1, 0.15) is 0 Å². The number of rotatable bonds is 5. The van der Waals surface area contributed by atoms with Crippen molar-refractivity contribution in [2.45, 2.75) is 6.54 Å². The predicted octanol–water partition coefficient (Wildman–Crippen LogP) is 2.56. The molecule has 1 saturated heterocycles. The Bertz CT molecular complexity index is 751. The zero-order chi connectivity index (χ0) is 18.5. The second-order valence-corrected chi connectivity index (χ2v) is 7.15. The van der Waals surface area contributed by atoms with Crippen molar-refractivity contribution in [1.82, 2.24) is 19.8 Å². The molecule has 0 aliphatic carbocycles. The van der Waals surface area contributed by atoms with Crippen molar-refractivity contribution in [3.63, 3.8) is 0 Å². The molecule has 3 rings (SSSR count). The monoisotopic (exact) mass is 393 g/mol. The van der Waals surface area contributed by atoms with Crippen LogP contribution in [-0.2, 0) is 11.3 Å². The van der Waals surface area contributed by atoms with Crippen LogP contribution in [0.2, 0.25) is 10.0 Å². The molecule has 2 heterocycles. The lowest BCUT2D eigenvalue weighted by Gasteiger charge is -2.35. The summed E-state index contributed by atoms with van der Waals surface area (Å²) in [5.41, 5.74) is 1.03. The van der Waals surface area contributed by atoms with Gasteiger partial charge in [-0.25, -0.2) is 9.97 Å². The van der Waals surface area contributed by atoms with Gasteiger partial charge in [0.05, 0.1) is 16.6 Å². The first-order valence-corrected chi connectivity index (χ1v) is 9.21. The van der Waals surface area contributed by atoms with Gasteiger partial charge < -0.3 is 9.80 Å². The third-order valence-corrected chi connectivity index (χ3v) is 5.05. The zero-order valence-corrected chi connectivity index (χ0v) is 16.1. The summed E-state index contributed by atoms with van der Waals surface area (Å²) in [4.78, 5) is 27.1. The number of carbonyl (C=O) groups excluding carboxylic acids is 1. The maximum absolute atomic E-state index is 12.6. The van der Waals surface area contributed by atoms with E-state index < -0.39 is 0 Å². The molecule has 0 unspecified atom stereocenters. The van der Waals surface area contributed by atoms with Gasteiger partial charge in [0.25, 0.3) is 0 Å². The van der Waals surface area contributed by atoms with E-state index in [0.717, 1.165) is 24.6 Å². The molecule has 138 valence electrons. The molecule has 1 aliphatic rings. The molecular formula is C18H21Cl2N5O. The lowest BCUT2D eigenvalue weighted by atomic mass is 10.2. The maximum atomic E-state index is 12.6. The molecule has 6 nitrogen and oxygen atoms in total. The van der Waals surface area contributed by atoms with E-state index in [1.807, 2.05) is 29.0 Å². The van der Waals surface area contributed by atoms with E-state index in [1.165, 1.54) is 0 Å². The van der Waals surface area contributed by atoms with Gasteiger partial charge in [0.15, 0.2) is 0 Å². The lowest BCUT2D eigenvalue weighted by Crippen LogP contribution is -2.51. The van der Waals surface area contributed by atoms with Crippen LogP contribution in [0, 0.1) is 0 Å². The fourth-order valence-electron chi connectivity index (χ4n) is 2.95. The van der Waals surface area contributed by atoms with Crippen molar-refractivity contribution in [2.75, 3.05) is 44.7 Å². The first-order valence-electron chi connectivity index (χ1n) is 8.45. The number of anilines is 1. The second kappa shape index (κ2) is 8.66. The van der Waals surface area contributed by atoms with Crippen LogP contribution in [0.15, 0.2) is 36.7 Å². The number of aromatic nitrogens is 2. The van der Waals surface area contributed by atoms with Crippen molar-refractivity contribution in [2.24, 2.45) is 0 Å². The SMILES string of the molecule is CN(CC(=O)N1CCN(c2ncccn2)CC1)Cc1ccc(Cl)c(Cl)c1. The fraction of sp³-hybridized carbons (Fsp3) is 0.389. The lowest BCUT2D eigenvalue weighted by molar-refractivity contribution is -0.132. The minimum absolute atomic E-state index is 0.126. The van der Waals surface area contributed by atoms with Crippen LogP contribution >= 0.6 is 23.2 Å². The molecule has 0 radical (unpaired) electrons. The molecule has 1 fully saturated rings. The smallest absolute Gasteiger partial charge is 0.236 e. The van der Waals surface area contributed by atoms with Crippen LogP contribution in [-0.4, -0.2) is 65.4 Å². The van der Waals surface area contributed by atoms with Crippen molar-refractivity contribution in [3.05, 3.63) is 52.3 Å². The normalized spacial score (nSPS) is 14.8. The molecule has 0 N–H and O–H groups in total. The summed E-state index contributed by atoms with van der Waals surface area (Å²) in [6.45, 7) is 3.84. The van der Waals surface area contributed by atoms with Gasteiger partial charge in [0.2, 0.25) is 11.9 Å². The number of carbonyl (C=O) groups is 1. The minimum atomic E-state index is 0.126. The van der Waals surface area contributed by atoms with Crippen LogP contribution in [0.3, 0.4) is 0 Å². The summed E-state index contributed by atoms with van der Waals surface area (Å²) in [5.74, 6) is 0.845. The van der Waals surface area contributed by atoms with Crippen LogP contribution in [0.4, 0.5) is 5.95 Å². The quantitative estimate of drug-likeness (QED) is 0.780. The van der Waals surface area contributed by atoms with Crippen molar-refractivity contribution >= 4 is 35.1 Å². The Morgan fingerprint density at radius 2 is 1.81 bits per heavy atom. The highest BCUT2D eigenvalue weighted by molar-refractivity contribution is 6.42. The molecule has 2 aromatic rings. The van der Waals surface area contributed by atoms with E-state index in [1.54, 1.807) is 24.5 Å². The Kier molecular flexibility index (Phi) is 6.29. The standard InChI is InChI=1S/C18H21Cl2N5O/c1-23(12-14-3-4-15(19)16(20)11-14)13-17(26)24-7-9-25(10-8-24)18-21-5-2-6-22-18/h2-6,11H,7-10,12-13H2,1H3. The highest BCUT2D eigenvalue weighted by Crippen LogP contribution is 2.23. The summed E-state index contributed by atoms with van der Waals surface area (Å²) < 4.78 is 0. The van der Waals surface area contributed by atoms with Crippen LogP contribution in [0.1, 0.15) is 5.56 Å². The summed E-state index contributed by atoms with van der Waals surface area (Å²) in [5, 5.41) is 1.07. The van der Waals surface area contributed by atoms with Gasteiger partial charge in [-0.1, -0.05) is 29.3 Å². The molecule has 0 bridgehead atoms. The number of amides is 1. The zero-order valence-electron chi connectivity index (χ0n) is 14.6. The molecular weight excluding hydrogens is 373 g/mol. The van der Waals surface area contributed by atoms with Gasteiger partial charge >= 0.3 is 0 Å². The third kappa shape index (κ3) is 4.84. The van der Waals surface area contributed by atoms with Crippen molar-refractivity contribution < 1.29 is 4.79 Å². The van der Waals surface area contributed by atoms with E-state index in [4.69, 9.17) is 23.2 Å². The average Bonchev–Trinajstić information content (AvgIpc) is 2.65. The van der Waals surface area contributed by atoms with Gasteiger partial charge in [-0.15, -0.1) is 0 Å². The van der Waals surface area contributed by atoms with E-state index >= 15 is 0 Å². The fourth-order valence-corrected chi connectivity index (χ4v) is 3.27. The first kappa shape index (κ1) is 18.9. The number of piperazine rings is 1. The van der Waals surface area contributed by atoms with Gasteiger partial charge in [-0.3, -0.25) is 9.69 Å². The van der Waals surface area contributed by atoms with Gasteiger partial charge in [-0.05, 0) is 30.8 Å². The molecule has 0 saturated carbocycles. The summed E-state index contributed by atoms with van der Waals surface area (Å²) >= 11 is 12.0. The Labute approximate surface area is 163 Å². The molecule has 0 atom stereocenters. The van der Waals surface area contributed by atoms with Crippen LogP contribution < -0.4 is 4.90 Å². The maximum Gasteiger partial charge on any atom is 0.236 e. The molecule has 26 heavy (non-hydrogen) atoms. The number of benzene rings is 1. The molecule has 1 aliphatic heterocycles. The highest BCUT2D eigenvalue weighted by Gasteiger charge is 2.23. The molecule has 8 heteroatoms. The number of hydrogen-bond donors (Lipinski definition) is 0. The molecule has 1 amide bonds. The number of nitrogens with zero attached hydrogens (tertiary/aromatic N) is 5. The van der Waals surface area contributed by atoms with E-state index in [9.17, 15) is 4.79 Å². The first-order chi connectivity index (χ1) is 12.5. The minimum Gasteiger partial charge on any atom is -0.338 e. The van der Waals surface area contributed by atoms with Gasteiger partial charge in [0, 0.05) is 45.1 Å². The van der Waals surface area contributed by atoms with E-state index in [2.05, 4.69) is 14.9 Å². The average molecular weight is 394 g/mol. The van der Waals surface area contributed by atoms with E-state index in [-0.39, 0.29) is 5.91 Å². The third-order valence-electron chi connectivity index (χ3n) is 4.31. The molecule has 1 aromatic heterocycles. The molecule has 0 spiro atoms. The highest BCUT2D eigenvalue weighted by atomic mass is 35.5. The van der Waals surface area contributed by atoms with Gasteiger partial charge in [-0.2, -0.15) is 0 Å². The second-order valence-electron chi connectivity index (χ2n) is 6.34. The number of halogens is 2. The largest absolute Gasteiger partial charge is 0.338 e. The Morgan fingerprint density at radius 3 is 2.46 bits per heavy atom.